The Kier molecular flexibility index (Phi) is 4.54. The second-order valence-electron chi connectivity index (χ2n) is 4.83. The van der Waals surface area contributed by atoms with Crippen molar-refractivity contribution in [1.82, 2.24) is 10.2 Å². The fourth-order valence-corrected chi connectivity index (χ4v) is 2.22. The zero-order chi connectivity index (χ0) is 12.1. The maximum Gasteiger partial charge on any atom is 0.0916 e. The number of nitrogens with one attached hydrogen (secondary N) is 1. The predicted molar refractivity (Wildman–Crippen MR) is 70.1 cm³/mol. The number of β-amino-alcohol motifs (C(OH)–C–C–N with tert-alkyl or cyclic N) is 1. The Labute approximate surface area is 103 Å². The molecule has 0 amide bonds. The highest BCUT2D eigenvalue weighted by atomic mass is 16.3. The zero-order valence-corrected chi connectivity index (χ0v) is 10.5. The van der Waals surface area contributed by atoms with Crippen LogP contribution < -0.4 is 5.32 Å². The van der Waals surface area contributed by atoms with E-state index in [1.54, 1.807) is 0 Å². The van der Waals surface area contributed by atoms with Crippen LogP contribution in [0.2, 0.25) is 0 Å². The molecule has 94 valence electrons. The van der Waals surface area contributed by atoms with Gasteiger partial charge in [-0.25, -0.2) is 0 Å². The molecule has 1 aliphatic heterocycles. The normalized spacial score (nSPS) is 19.9. The Morgan fingerprint density at radius 3 is 2.76 bits per heavy atom. The topological polar surface area (TPSA) is 35.5 Å². The molecule has 1 heterocycles. The Balaban J connectivity index is 1.91. The summed E-state index contributed by atoms with van der Waals surface area (Å²) in [7, 11) is 0. The van der Waals surface area contributed by atoms with Crippen LogP contribution in [0.3, 0.4) is 0 Å². The quantitative estimate of drug-likeness (QED) is 0.828. The molecule has 0 aromatic heterocycles. The summed E-state index contributed by atoms with van der Waals surface area (Å²) < 4.78 is 0. The van der Waals surface area contributed by atoms with Crippen LogP contribution in [0.25, 0.3) is 0 Å². The van der Waals surface area contributed by atoms with Gasteiger partial charge in [0.2, 0.25) is 0 Å². The van der Waals surface area contributed by atoms with Gasteiger partial charge in [-0.15, -0.1) is 0 Å². The molecule has 2 N–H and O–H groups in total. The van der Waals surface area contributed by atoms with Gasteiger partial charge in [-0.2, -0.15) is 0 Å². The summed E-state index contributed by atoms with van der Waals surface area (Å²) in [6, 6.07) is 8.16. The fourth-order valence-electron chi connectivity index (χ4n) is 2.22. The molecule has 1 saturated heterocycles. The molecule has 1 fully saturated rings. The van der Waals surface area contributed by atoms with Crippen LogP contribution in [-0.2, 0) is 0 Å². The summed E-state index contributed by atoms with van der Waals surface area (Å²) in [5.41, 5.74) is 2.26. The molecule has 1 aromatic carbocycles. The molecule has 2 rings (SSSR count). The lowest BCUT2D eigenvalue weighted by Crippen LogP contribution is -2.32. The van der Waals surface area contributed by atoms with E-state index >= 15 is 0 Å². The highest BCUT2D eigenvalue weighted by molar-refractivity contribution is 5.23. The third-order valence-electron chi connectivity index (χ3n) is 3.33. The fraction of sp³-hybridized carbons (Fsp3) is 0.571. The summed E-state index contributed by atoms with van der Waals surface area (Å²) in [6.45, 7) is 7.04. The first kappa shape index (κ1) is 12.6. The van der Waals surface area contributed by atoms with Crippen molar-refractivity contribution in [3.63, 3.8) is 0 Å². The third kappa shape index (κ3) is 3.80. The maximum absolute atomic E-state index is 10.2. The van der Waals surface area contributed by atoms with Gasteiger partial charge in [0.25, 0.3) is 0 Å². The van der Waals surface area contributed by atoms with E-state index in [-0.39, 0.29) is 6.10 Å². The van der Waals surface area contributed by atoms with Gasteiger partial charge in [-0.05, 0) is 32.0 Å². The van der Waals surface area contributed by atoms with E-state index in [1.165, 1.54) is 12.0 Å². The first-order valence-corrected chi connectivity index (χ1v) is 6.43. The van der Waals surface area contributed by atoms with Crippen LogP contribution in [-0.4, -0.2) is 42.7 Å². The molecule has 0 radical (unpaired) electrons. The molecule has 0 bridgehead atoms. The highest BCUT2D eigenvalue weighted by Gasteiger charge is 2.14. The minimum atomic E-state index is -0.367. The van der Waals surface area contributed by atoms with Crippen LogP contribution in [0.1, 0.15) is 23.7 Å². The average Bonchev–Trinajstić information content (AvgIpc) is 2.58. The van der Waals surface area contributed by atoms with E-state index in [1.807, 2.05) is 12.1 Å². The Hall–Kier alpha value is -0.900. The van der Waals surface area contributed by atoms with E-state index in [2.05, 4.69) is 29.3 Å². The summed E-state index contributed by atoms with van der Waals surface area (Å²) in [5.74, 6) is 0. The summed E-state index contributed by atoms with van der Waals surface area (Å²) in [4.78, 5) is 2.34. The molecule has 17 heavy (non-hydrogen) atoms. The second-order valence-corrected chi connectivity index (χ2v) is 4.83. The first-order chi connectivity index (χ1) is 8.25. The van der Waals surface area contributed by atoms with Crippen molar-refractivity contribution in [3.05, 3.63) is 35.4 Å². The molecule has 1 aromatic rings. The number of benzene rings is 1. The van der Waals surface area contributed by atoms with Gasteiger partial charge < -0.3 is 10.4 Å². The lowest BCUT2D eigenvalue weighted by molar-refractivity contribution is 0.117. The maximum atomic E-state index is 10.2. The van der Waals surface area contributed by atoms with Crippen LogP contribution in [0.15, 0.2) is 24.3 Å². The minimum Gasteiger partial charge on any atom is -0.387 e. The number of rotatable bonds is 3. The summed E-state index contributed by atoms with van der Waals surface area (Å²) >= 11 is 0. The Morgan fingerprint density at radius 2 is 2.00 bits per heavy atom. The number of hydrogen-bond donors (Lipinski definition) is 2. The lowest BCUT2D eigenvalue weighted by Gasteiger charge is -2.23. The molecular weight excluding hydrogens is 212 g/mol. The van der Waals surface area contributed by atoms with Gasteiger partial charge in [0.05, 0.1) is 6.10 Å². The van der Waals surface area contributed by atoms with E-state index in [0.29, 0.717) is 0 Å². The monoisotopic (exact) mass is 234 g/mol. The number of aliphatic hydroxyl groups is 1. The summed E-state index contributed by atoms with van der Waals surface area (Å²) in [5, 5.41) is 13.6. The van der Waals surface area contributed by atoms with Crippen molar-refractivity contribution in [2.75, 3.05) is 32.7 Å². The molecular formula is C14H22N2O. The van der Waals surface area contributed by atoms with E-state index < -0.39 is 0 Å². The standard InChI is InChI=1S/C14H22N2O/c1-12-3-5-13(6-4-12)14(17)11-16-9-2-7-15-8-10-16/h3-6,14-15,17H,2,7-11H2,1H3. The number of hydrogen-bond acceptors (Lipinski definition) is 3. The smallest absolute Gasteiger partial charge is 0.0916 e. The van der Waals surface area contributed by atoms with Crippen molar-refractivity contribution < 1.29 is 5.11 Å². The SMILES string of the molecule is Cc1ccc(C(O)CN2CCCNCC2)cc1. The second kappa shape index (κ2) is 6.15. The number of nitrogens with zero attached hydrogens (tertiary/aromatic N) is 1. The van der Waals surface area contributed by atoms with E-state index in [0.717, 1.165) is 38.3 Å². The molecule has 1 unspecified atom stereocenters. The first-order valence-electron chi connectivity index (χ1n) is 6.43. The van der Waals surface area contributed by atoms with Gasteiger partial charge in [0.15, 0.2) is 0 Å². The number of aryl methyl sites for hydroxylation is 1. The zero-order valence-electron chi connectivity index (χ0n) is 10.5. The Morgan fingerprint density at radius 1 is 1.24 bits per heavy atom. The van der Waals surface area contributed by atoms with Crippen LogP contribution in [0.5, 0.6) is 0 Å². The largest absolute Gasteiger partial charge is 0.387 e. The van der Waals surface area contributed by atoms with Crippen LogP contribution in [0.4, 0.5) is 0 Å². The predicted octanol–water partition coefficient (Wildman–Crippen LogP) is 1.32. The van der Waals surface area contributed by atoms with E-state index in [9.17, 15) is 5.11 Å². The lowest BCUT2D eigenvalue weighted by atomic mass is 10.1. The molecule has 3 heteroatoms. The van der Waals surface area contributed by atoms with Gasteiger partial charge in [0.1, 0.15) is 0 Å². The molecule has 1 aliphatic rings. The van der Waals surface area contributed by atoms with Crippen LogP contribution >= 0.6 is 0 Å². The van der Waals surface area contributed by atoms with Gasteiger partial charge in [0, 0.05) is 19.6 Å². The molecule has 1 atom stereocenters. The van der Waals surface area contributed by atoms with Gasteiger partial charge in [-0.1, -0.05) is 29.8 Å². The average molecular weight is 234 g/mol. The molecule has 0 aliphatic carbocycles. The van der Waals surface area contributed by atoms with E-state index in [4.69, 9.17) is 0 Å². The highest BCUT2D eigenvalue weighted by Crippen LogP contribution is 2.15. The Bertz CT molecular complexity index is 329. The van der Waals surface area contributed by atoms with Gasteiger partial charge >= 0.3 is 0 Å². The van der Waals surface area contributed by atoms with Crippen molar-refractivity contribution in [3.8, 4) is 0 Å². The van der Waals surface area contributed by atoms with Crippen molar-refractivity contribution in [2.45, 2.75) is 19.4 Å². The van der Waals surface area contributed by atoms with Gasteiger partial charge in [-0.3, -0.25) is 4.90 Å². The minimum absolute atomic E-state index is 0.367. The van der Waals surface area contributed by atoms with Crippen LogP contribution in [0, 0.1) is 6.92 Å². The number of aliphatic hydroxyl groups excluding tert-OH is 1. The summed E-state index contributed by atoms with van der Waals surface area (Å²) in [6.07, 6.45) is 0.800. The van der Waals surface area contributed by atoms with Crippen molar-refractivity contribution >= 4 is 0 Å². The third-order valence-corrected chi connectivity index (χ3v) is 3.33. The van der Waals surface area contributed by atoms with Crippen molar-refractivity contribution in [2.24, 2.45) is 0 Å². The molecule has 0 saturated carbocycles. The van der Waals surface area contributed by atoms with Crippen molar-refractivity contribution in [1.29, 1.82) is 0 Å². The molecule has 3 nitrogen and oxygen atoms in total. The molecule has 0 spiro atoms.